The van der Waals surface area contributed by atoms with E-state index in [4.69, 9.17) is 26.1 Å². The number of sulfonamides is 1. The number of rotatable bonds is 7. The molecule has 0 spiro atoms. The summed E-state index contributed by atoms with van der Waals surface area (Å²) < 4.78 is 34.5. The Morgan fingerprint density at radius 1 is 1.27 bits per heavy atom. The van der Waals surface area contributed by atoms with E-state index < -0.39 is 16.0 Å². The lowest BCUT2D eigenvalue weighted by molar-refractivity contribution is 0.0549. The number of carbonyl (C=O) groups is 1. The Bertz CT molecular complexity index is 899. The molecule has 0 saturated carbocycles. The van der Waals surface area contributed by atoms with Gasteiger partial charge in [0.15, 0.2) is 0 Å². The summed E-state index contributed by atoms with van der Waals surface area (Å²) in [5.74, 6) is -0.328. The number of benzene rings is 1. The number of primary sulfonamides is 1. The van der Waals surface area contributed by atoms with Crippen LogP contribution in [0.5, 0.6) is 0 Å². The van der Waals surface area contributed by atoms with E-state index in [0.717, 1.165) is 5.57 Å². The zero-order chi connectivity index (χ0) is 19.3. The van der Waals surface area contributed by atoms with Crippen molar-refractivity contribution in [3.8, 4) is 0 Å². The van der Waals surface area contributed by atoms with Gasteiger partial charge >= 0.3 is 5.97 Å². The van der Waals surface area contributed by atoms with Crippen molar-refractivity contribution in [3.05, 3.63) is 59.6 Å². The standard InChI is InChI=1S/C17H19ClN2O5S/c1-12(2)7-9-25-17(21)13-3-5-14(6-4-13)20(18)11-15-16(8-10-24-15)26(19,22)23/h3-8,10H,9,11H2,1-2H3,(H2,19,22,23). The van der Waals surface area contributed by atoms with Crippen molar-refractivity contribution in [2.45, 2.75) is 25.3 Å². The lowest BCUT2D eigenvalue weighted by Gasteiger charge is -2.15. The predicted octanol–water partition coefficient (Wildman–Crippen LogP) is 3.21. The Balaban J connectivity index is 2.05. The summed E-state index contributed by atoms with van der Waals surface area (Å²) in [5, 5.41) is 5.12. The van der Waals surface area contributed by atoms with Gasteiger partial charge in [-0.2, -0.15) is 0 Å². The highest BCUT2D eigenvalue weighted by Crippen LogP contribution is 2.24. The van der Waals surface area contributed by atoms with Crippen molar-refractivity contribution < 1.29 is 22.4 Å². The Morgan fingerprint density at radius 2 is 1.92 bits per heavy atom. The summed E-state index contributed by atoms with van der Waals surface area (Å²) >= 11 is 6.18. The SMILES string of the molecule is CC(C)=CCOC(=O)c1ccc(N(Cl)Cc2occc2S(N)(=O)=O)cc1. The maximum absolute atomic E-state index is 11.9. The van der Waals surface area contributed by atoms with Crippen LogP contribution in [0.3, 0.4) is 0 Å². The molecule has 9 heteroatoms. The molecule has 2 rings (SSSR count). The van der Waals surface area contributed by atoms with Crippen LogP contribution in [-0.2, 0) is 21.3 Å². The van der Waals surface area contributed by atoms with Crippen LogP contribution in [0.2, 0.25) is 0 Å². The van der Waals surface area contributed by atoms with Crippen molar-refractivity contribution in [1.82, 2.24) is 0 Å². The molecule has 1 heterocycles. The number of carbonyl (C=O) groups excluding carboxylic acids is 1. The lowest BCUT2D eigenvalue weighted by atomic mass is 10.2. The van der Waals surface area contributed by atoms with Gasteiger partial charge < -0.3 is 9.15 Å². The monoisotopic (exact) mass is 398 g/mol. The third kappa shape index (κ3) is 5.35. The summed E-state index contributed by atoms with van der Waals surface area (Å²) in [4.78, 5) is 11.8. The van der Waals surface area contributed by atoms with Gasteiger partial charge in [-0.25, -0.2) is 18.4 Å². The molecule has 0 bridgehead atoms. The van der Waals surface area contributed by atoms with Gasteiger partial charge in [-0.1, -0.05) is 5.57 Å². The number of nitrogens with two attached hydrogens (primary N) is 1. The van der Waals surface area contributed by atoms with Gasteiger partial charge in [0.2, 0.25) is 10.0 Å². The molecular formula is C17H19ClN2O5S. The van der Waals surface area contributed by atoms with Crippen LogP contribution in [0.15, 0.2) is 57.6 Å². The first-order chi connectivity index (χ1) is 12.2. The number of furan rings is 1. The van der Waals surface area contributed by atoms with Gasteiger partial charge in [0.1, 0.15) is 17.3 Å². The highest BCUT2D eigenvalue weighted by atomic mass is 35.5. The first kappa shape index (κ1) is 20.0. The molecule has 0 atom stereocenters. The second kappa shape index (κ2) is 8.39. The molecule has 2 aromatic rings. The van der Waals surface area contributed by atoms with Crippen LogP contribution < -0.4 is 9.56 Å². The zero-order valence-corrected chi connectivity index (χ0v) is 15.9. The van der Waals surface area contributed by atoms with Crippen LogP contribution in [0.25, 0.3) is 0 Å². The van der Waals surface area contributed by atoms with Crippen LogP contribution in [0.4, 0.5) is 5.69 Å². The van der Waals surface area contributed by atoms with Crippen molar-refractivity contribution >= 4 is 33.5 Å². The number of halogens is 1. The van der Waals surface area contributed by atoms with Crippen LogP contribution in [0.1, 0.15) is 30.0 Å². The van der Waals surface area contributed by atoms with Crippen molar-refractivity contribution in [2.75, 3.05) is 11.0 Å². The highest BCUT2D eigenvalue weighted by Gasteiger charge is 2.19. The van der Waals surface area contributed by atoms with E-state index in [9.17, 15) is 13.2 Å². The smallest absolute Gasteiger partial charge is 0.338 e. The third-order valence-corrected chi connectivity index (χ3v) is 4.67. The molecule has 0 aliphatic rings. The maximum Gasteiger partial charge on any atom is 0.338 e. The van der Waals surface area contributed by atoms with Crippen LogP contribution in [-0.4, -0.2) is 21.0 Å². The Morgan fingerprint density at radius 3 is 2.50 bits per heavy atom. The number of anilines is 1. The van der Waals surface area contributed by atoms with Gasteiger partial charge in [0, 0.05) is 11.8 Å². The zero-order valence-electron chi connectivity index (χ0n) is 14.3. The number of hydrogen-bond acceptors (Lipinski definition) is 6. The van der Waals surface area contributed by atoms with Gasteiger partial charge in [-0.15, -0.1) is 0 Å². The molecule has 0 aliphatic heterocycles. The number of hydrogen-bond donors (Lipinski definition) is 1. The molecule has 1 aromatic heterocycles. The molecule has 26 heavy (non-hydrogen) atoms. The topological polar surface area (TPSA) is 103 Å². The van der Waals surface area contributed by atoms with E-state index in [1.54, 1.807) is 30.3 Å². The minimum atomic E-state index is -3.90. The number of ether oxygens (including phenoxy) is 1. The molecule has 0 amide bonds. The molecule has 0 saturated heterocycles. The lowest BCUT2D eigenvalue weighted by Crippen LogP contribution is -2.16. The molecule has 140 valence electrons. The molecule has 7 nitrogen and oxygen atoms in total. The van der Waals surface area contributed by atoms with Gasteiger partial charge in [-0.3, -0.25) is 4.42 Å². The van der Waals surface area contributed by atoms with Crippen molar-refractivity contribution in [2.24, 2.45) is 5.14 Å². The summed E-state index contributed by atoms with van der Waals surface area (Å²) in [7, 11) is -3.90. The largest absolute Gasteiger partial charge is 0.466 e. The fourth-order valence-corrected chi connectivity index (χ4v) is 2.94. The van der Waals surface area contributed by atoms with E-state index >= 15 is 0 Å². The number of esters is 1. The second-order valence-corrected chi connectivity index (χ2v) is 7.64. The number of allylic oxidation sites excluding steroid dienone is 1. The molecule has 0 unspecified atom stereocenters. The quantitative estimate of drug-likeness (QED) is 0.436. The average molecular weight is 399 g/mol. The van der Waals surface area contributed by atoms with Crippen LogP contribution >= 0.6 is 11.8 Å². The molecular weight excluding hydrogens is 380 g/mol. The first-order valence-electron chi connectivity index (χ1n) is 7.61. The van der Waals surface area contributed by atoms with Crippen molar-refractivity contribution in [3.63, 3.8) is 0 Å². The normalized spacial score (nSPS) is 11.1. The third-order valence-electron chi connectivity index (χ3n) is 3.38. The minimum absolute atomic E-state index is 0.0231. The van der Waals surface area contributed by atoms with Crippen LogP contribution in [0, 0.1) is 0 Å². The predicted molar refractivity (Wildman–Crippen MR) is 98.3 cm³/mol. The highest BCUT2D eigenvalue weighted by molar-refractivity contribution is 7.89. The first-order valence-corrected chi connectivity index (χ1v) is 9.50. The molecule has 0 aliphatic carbocycles. The number of nitrogens with zero attached hydrogens (tertiary/aromatic N) is 1. The van der Waals surface area contributed by atoms with E-state index in [-0.39, 0.29) is 23.8 Å². The Labute approximate surface area is 157 Å². The average Bonchev–Trinajstić information content (AvgIpc) is 3.03. The van der Waals surface area contributed by atoms with E-state index in [1.807, 2.05) is 13.8 Å². The summed E-state index contributed by atoms with van der Waals surface area (Å²) in [6.07, 6.45) is 3.03. The molecule has 2 N–H and O–H groups in total. The second-order valence-electron chi connectivity index (χ2n) is 5.70. The maximum atomic E-state index is 11.9. The molecule has 0 fully saturated rings. The van der Waals surface area contributed by atoms with E-state index in [2.05, 4.69) is 0 Å². The van der Waals surface area contributed by atoms with E-state index in [1.165, 1.54) is 16.7 Å². The fourth-order valence-electron chi connectivity index (χ4n) is 2.04. The summed E-state index contributed by atoms with van der Waals surface area (Å²) in [5.41, 5.74) is 1.98. The summed E-state index contributed by atoms with van der Waals surface area (Å²) in [6.45, 7) is 4.01. The van der Waals surface area contributed by atoms with Gasteiger partial charge in [0.25, 0.3) is 0 Å². The minimum Gasteiger partial charge on any atom is -0.466 e. The van der Waals surface area contributed by atoms with Crippen molar-refractivity contribution in [1.29, 1.82) is 0 Å². The Hall–Kier alpha value is -2.29. The fraction of sp³-hybridized carbons (Fsp3) is 0.235. The Kier molecular flexibility index (Phi) is 6.47. The van der Waals surface area contributed by atoms with E-state index in [0.29, 0.717) is 11.3 Å². The van der Waals surface area contributed by atoms with Gasteiger partial charge in [-0.05, 0) is 50.3 Å². The molecule has 0 radical (unpaired) electrons. The van der Waals surface area contributed by atoms with Gasteiger partial charge in [0.05, 0.1) is 24.1 Å². The summed E-state index contributed by atoms with van der Waals surface area (Å²) in [6, 6.07) is 7.63. The molecule has 1 aromatic carbocycles.